The molecule has 14 heavy (non-hydrogen) atoms. The Balaban J connectivity index is 0.00000169. The second-order valence-electron chi connectivity index (χ2n) is 2.15. The van der Waals surface area contributed by atoms with E-state index < -0.39 is 10.1 Å². The monoisotopic (exact) mass is 239 g/mol. The van der Waals surface area contributed by atoms with E-state index in [1.807, 2.05) is 5.16 Å². The van der Waals surface area contributed by atoms with E-state index in [2.05, 4.69) is 17.2 Å². The van der Waals surface area contributed by atoms with E-state index in [0.29, 0.717) is 0 Å². The fourth-order valence-electron chi connectivity index (χ4n) is 0.817. The Labute approximate surface area is 109 Å². The standard InChI is InChI=1S/C7H5NO3S2.Na.H/c9-13(10,11)7-4-2-1-3-6(7)8-5-12;;/h1-4H,(H,9,10,11);;. The minimum absolute atomic E-state index is 0. The first-order chi connectivity index (χ1) is 6.05. The summed E-state index contributed by atoms with van der Waals surface area (Å²) in [6.07, 6.45) is 0. The van der Waals surface area contributed by atoms with Crippen LogP contribution in [-0.2, 0) is 10.1 Å². The molecule has 1 rings (SSSR count). The van der Waals surface area contributed by atoms with Gasteiger partial charge in [0, 0.05) is 0 Å². The molecule has 0 fully saturated rings. The van der Waals surface area contributed by atoms with Crippen molar-refractivity contribution in [2.24, 2.45) is 4.99 Å². The summed E-state index contributed by atoms with van der Waals surface area (Å²) >= 11 is 4.32. The Morgan fingerprint density at radius 3 is 2.43 bits per heavy atom. The van der Waals surface area contributed by atoms with Crippen LogP contribution in [0.15, 0.2) is 34.2 Å². The molecule has 0 atom stereocenters. The number of thiocarbonyl (C=S) groups is 1. The molecule has 0 aliphatic rings. The number of aliphatic imine (C=N–C) groups is 1. The van der Waals surface area contributed by atoms with Crippen LogP contribution in [0.5, 0.6) is 0 Å². The summed E-state index contributed by atoms with van der Waals surface area (Å²) in [5, 5.41) is 2.03. The van der Waals surface area contributed by atoms with Crippen LogP contribution in [0.3, 0.4) is 0 Å². The third-order valence-corrected chi connectivity index (χ3v) is 2.30. The van der Waals surface area contributed by atoms with E-state index >= 15 is 0 Å². The van der Waals surface area contributed by atoms with Crippen molar-refractivity contribution in [2.45, 2.75) is 4.90 Å². The second-order valence-corrected chi connectivity index (χ2v) is 3.72. The predicted octanol–water partition coefficient (Wildman–Crippen LogP) is 1.02. The molecule has 0 amide bonds. The van der Waals surface area contributed by atoms with E-state index in [-0.39, 0.29) is 40.1 Å². The summed E-state index contributed by atoms with van der Waals surface area (Å²) in [5.41, 5.74) is 0.0833. The zero-order valence-electron chi connectivity index (χ0n) is 6.34. The Hall–Kier alpha value is -0.0700. The Bertz CT molecular complexity index is 466. The number of rotatable bonds is 2. The Morgan fingerprint density at radius 2 is 1.93 bits per heavy atom. The van der Waals surface area contributed by atoms with Gasteiger partial charge in [-0.2, -0.15) is 13.4 Å². The molecule has 1 aromatic carbocycles. The van der Waals surface area contributed by atoms with E-state index in [1.54, 1.807) is 6.07 Å². The molecule has 0 bridgehead atoms. The molecule has 0 heterocycles. The average molecular weight is 239 g/mol. The van der Waals surface area contributed by atoms with E-state index in [1.165, 1.54) is 18.2 Å². The van der Waals surface area contributed by atoms with Gasteiger partial charge in [0.05, 0.1) is 10.8 Å². The maximum absolute atomic E-state index is 10.8. The molecule has 4 nitrogen and oxygen atoms in total. The minimum atomic E-state index is -4.24. The van der Waals surface area contributed by atoms with Crippen molar-refractivity contribution >= 4 is 62.7 Å². The van der Waals surface area contributed by atoms with Gasteiger partial charge in [-0.05, 0) is 24.4 Å². The van der Waals surface area contributed by atoms with Gasteiger partial charge >= 0.3 is 29.6 Å². The van der Waals surface area contributed by atoms with Crippen molar-refractivity contribution < 1.29 is 13.0 Å². The van der Waals surface area contributed by atoms with Gasteiger partial charge in [0.25, 0.3) is 10.1 Å². The first-order valence-corrected chi connectivity index (χ1v) is 5.05. The maximum atomic E-state index is 10.8. The van der Waals surface area contributed by atoms with Gasteiger partial charge in [-0.3, -0.25) is 4.55 Å². The summed E-state index contributed by atoms with van der Waals surface area (Å²) in [4.78, 5) is 3.23. The first-order valence-electron chi connectivity index (χ1n) is 3.20. The molecule has 0 spiro atoms. The molecule has 70 valence electrons. The van der Waals surface area contributed by atoms with E-state index in [9.17, 15) is 8.42 Å². The number of hydrogen-bond acceptors (Lipinski definition) is 4. The molecule has 0 radical (unpaired) electrons. The van der Waals surface area contributed by atoms with Gasteiger partial charge in [-0.1, -0.05) is 12.1 Å². The van der Waals surface area contributed by atoms with Crippen molar-refractivity contribution in [2.75, 3.05) is 0 Å². The van der Waals surface area contributed by atoms with Crippen LogP contribution in [0.1, 0.15) is 0 Å². The molecule has 1 N–H and O–H groups in total. The number of isothiocyanates is 1. The summed E-state index contributed by atoms with van der Waals surface area (Å²) in [6.45, 7) is 0. The topological polar surface area (TPSA) is 66.7 Å². The molecule has 0 aromatic heterocycles. The molecule has 0 aliphatic heterocycles. The second kappa shape index (κ2) is 5.72. The van der Waals surface area contributed by atoms with Crippen molar-refractivity contribution in [1.82, 2.24) is 0 Å². The van der Waals surface area contributed by atoms with Gasteiger partial charge in [0.2, 0.25) is 0 Å². The van der Waals surface area contributed by atoms with Crippen molar-refractivity contribution in [3.8, 4) is 0 Å². The van der Waals surface area contributed by atoms with Gasteiger partial charge in [0.15, 0.2) is 0 Å². The van der Waals surface area contributed by atoms with Crippen LogP contribution in [0.2, 0.25) is 0 Å². The summed E-state index contributed by atoms with van der Waals surface area (Å²) in [7, 11) is -4.24. The van der Waals surface area contributed by atoms with Crippen LogP contribution < -0.4 is 0 Å². The molecule has 0 saturated carbocycles. The number of nitrogens with zero attached hydrogens (tertiary/aromatic N) is 1. The molecule has 0 saturated heterocycles. The fraction of sp³-hybridized carbons (Fsp3) is 0. The van der Waals surface area contributed by atoms with Crippen LogP contribution >= 0.6 is 12.2 Å². The molecule has 7 heteroatoms. The fourth-order valence-corrected chi connectivity index (χ4v) is 1.54. The zero-order chi connectivity index (χ0) is 9.90. The van der Waals surface area contributed by atoms with Gasteiger partial charge in [0.1, 0.15) is 4.90 Å². The third-order valence-electron chi connectivity index (χ3n) is 1.31. The number of benzene rings is 1. The summed E-state index contributed by atoms with van der Waals surface area (Å²) in [5.74, 6) is 0. The van der Waals surface area contributed by atoms with Crippen molar-refractivity contribution in [1.29, 1.82) is 0 Å². The molecule has 1 aromatic rings. The zero-order valence-corrected chi connectivity index (χ0v) is 7.97. The summed E-state index contributed by atoms with van der Waals surface area (Å²) < 4.78 is 30.3. The normalized spacial score (nSPS) is 9.79. The van der Waals surface area contributed by atoms with E-state index in [0.717, 1.165) is 0 Å². The molecule has 0 aliphatic carbocycles. The van der Waals surface area contributed by atoms with Gasteiger partial charge in [-0.15, -0.1) is 0 Å². The van der Waals surface area contributed by atoms with Crippen LogP contribution in [-0.4, -0.2) is 47.7 Å². The predicted molar refractivity (Wildman–Crippen MR) is 58.1 cm³/mol. The summed E-state index contributed by atoms with van der Waals surface area (Å²) in [6, 6.07) is 5.72. The van der Waals surface area contributed by atoms with Crippen LogP contribution in [0.25, 0.3) is 0 Å². The SMILES string of the molecule is O=S(=O)(O)c1ccccc1N=C=S.[NaH]. The molecule has 0 unspecified atom stereocenters. The molecular weight excluding hydrogens is 233 g/mol. The first kappa shape index (κ1) is 13.9. The van der Waals surface area contributed by atoms with Gasteiger partial charge < -0.3 is 0 Å². The van der Waals surface area contributed by atoms with E-state index in [4.69, 9.17) is 4.55 Å². The number of hydrogen-bond donors (Lipinski definition) is 1. The quantitative estimate of drug-likeness (QED) is 0.362. The Morgan fingerprint density at radius 1 is 1.36 bits per heavy atom. The van der Waals surface area contributed by atoms with Crippen molar-refractivity contribution in [3.05, 3.63) is 24.3 Å². The average Bonchev–Trinajstić information content (AvgIpc) is 2.04. The van der Waals surface area contributed by atoms with Gasteiger partial charge in [-0.25, -0.2) is 0 Å². The van der Waals surface area contributed by atoms with Crippen molar-refractivity contribution in [3.63, 3.8) is 0 Å². The number of para-hydroxylation sites is 1. The molecular formula is C7H6NNaO3S2. The third kappa shape index (κ3) is 3.59. The van der Waals surface area contributed by atoms with Crippen LogP contribution in [0, 0.1) is 0 Å². The van der Waals surface area contributed by atoms with Crippen LogP contribution in [0.4, 0.5) is 5.69 Å². The Kier molecular flexibility index (Phi) is 5.70.